The molecular weight excluding hydrogens is 310 g/mol. The van der Waals surface area contributed by atoms with Crippen LogP contribution >= 0.6 is 27.3 Å². The maximum atomic E-state index is 5.25. The molecule has 0 fully saturated rings. The zero-order valence-electron chi connectivity index (χ0n) is 10.7. The van der Waals surface area contributed by atoms with E-state index in [1.54, 1.807) is 7.11 Å². The molecule has 0 aliphatic heterocycles. The molecule has 18 heavy (non-hydrogen) atoms. The Bertz CT molecular complexity index is 531. The van der Waals surface area contributed by atoms with Crippen molar-refractivity contribution in [3.8, 4) is 5.75 Å². The van der Waals surface area contributed by atoms with Gasteiger partial charge in [-0.2, -0.15) is 0 Å². The van der Waals surface area contributed by atoms with Crippen molar-refractivity contribution >= 4 is 33.0 Å². The molecule has 0 bridgehead atoms. The van der Waals surface area contributed by atoms with E-state index in [2.05, 4.69) is 47.2 Å². The fourth-order valence-electron chi connectivity index (χ4n) is 1.78. The van der Waals surface area contributed by atoms with Gasteiger partial charge in [0.1, 0.15) is 5.75 Å². The highest BCUT2D eigenvalue weighted by Crippen LogP contribution is 2.27. The topological polar surface area (TPSA) is 21.3 Å². The zero-order valence-corrected chi connectivity index (χ0v) is 13.1. The molecule has 0 spiro atoms. The average Bonchev–Trinajstić information content (AvgIpc) is 2.66. The smallest absolute Gasteiger partial charge is 0.121 e. The lowest BCUT2D eigenvalue weighted by Gasteiger charge is -2.09. The van der Waals surface area contributed by atoms with Crippen molar-refractivity contribution in [3.05, 3.63) is 44.1 Å². The van der Waals surface area contributed by atoms with Crippen molar-refractivity contribution in [3.63, 3.8) is 0 Å². The quantitative estimate of drug-likeness (QED) is 0.875. The van der Waals surface area contributed by atoms with Crippen LogP contribution in [0.2, 0.25) is 0 Å². The molecule has 2 aromatic rings. The number of nitrogens with one attached hydrogen (secondary N) is 1. The second-order valence-electron chi connectivity index (χ2n) is 4.15. The van der Waals surface area contributed by atoms with E-state index < -0.39 is 0 Å². The van der Waals surface area contributed by atoms with Gasteiger partial charge in [-0.05, 0) is 59.6 Å². The van der Waals surface area contributed by atoms with Crippen LogP contribution in [-0.2, 0) is 6.54 Å². The molecule has 0 aliphatic rings. The van der Waals surface area contributed by atoms with Crippen LogP contribution < -0.4 is 10.1 Å². The molecule has 1 N–H and O–H groups in total. The first-order valence-electron chi connectivity index (χ1n) is 5.73. The highest BCUT2D eigenvalue weighted by molar-refractivity contribution is 9.10. The van der Waals surface area contributed by atoms with Gasteiger partial charge in [0, 0.05) is 26.5 Å². The lowest BCUT2D eigenvalue weighted by Crippen LogP contribution is -1.98. The molecule has 0 saturated carbocycles. The van der Waals surface area contributed by atoms with E-state index in [0.717, 1.165) is 23.5 Å². The summed E-state index contributed by atoms with van der Waals surface area (Å²) < 4.78 is 6.44. The lowest BCUT2D eigenvalue weighted by atomic mass is 10.2. The molecule has 2 nitrogen and oxygen atoms in total. The fourth-order valence-corrected chi connectivity index (χ4v) is 3.32. The molecule has 4 heteroatoms. The molecule has 0 unspecified atom stereocenters. The second-order valence-corrected chi connectivity index (χ2v) is 6.35. The Morgan fingerprint density at radius 3 is 2.61 bits per heavy atom. The number of rotatable bonds is 4. The predicted octanol–water partition coefficient (Wildman–Crippen LogP) is 4.75. The Morgan fingerprint density at radius 1 is 1.28 bits per heavy atom. The van der Waals surface area contributed by atoms with Crippen LogP contribution in [0, 0.1) is 13.8 Å². The zero-order chi connectivity index (χ0) is 13.1. The largest absolute Gasteiger partial charge is 0.496 e. The maximum absolute atomic E-state index is 5.25. The third-order valence-electron chi connectivity index (χ3n) is 2.77. The molecule has 0 saturated heterocycles. The van der Waals surface area contributed by atoms with E-state index >= 15 is 0 Å². The minimum Gasteiger partial charge on any atom is -0.496 e. The fraction of sp³-hybridized carbons (Fsp3) is 0.286. The van der Waals surface area contributed by atoms with E-state index in [0.29, 0.717) is 0 Å². The lowest BCUT2D eigenvalue weighted by molar-refractivity contribution is 0.412. The Kier molecular flexibility index (Phi) is 4.30. The number of methoxy groups -OCH3 is 1. The van der Waals surface area contributed by atoms with Crippen molar-refractivity contribution in [2.45, 2.75) is 20.4 Å². The number of halogens is 1. The Labute approximate surface area is 120 Å². The van der Waals surface area contributed by atoms with Gasteiger partial charge in [0.05, 0.1) is 7.11 Å². The van der Waals surface area contributed by atoms with Crippen molar-refractivity contribution in [1.29, 1.82) is 0 Å². The monoisotopic (exact) mass is 325 g/mol. The van der Waals surface area contributed by atoms with Crippen molar-refractivity contribution in [2.24, 2.45) is 0 Å². The van der Waals surface area contributed by atoms with Crippen molar-refractivity contribution in [1.82, 2.24) is 0 Å². The SMILES string of the molecule is COc1ccc(NCc2cc(Br)c(C)s2)cc1C. The minimum atomic E-state index is 0.850. The highest BCUT2D eigenvalue weighted by atomic mass is 79.9. The molecular formula is C14H16BrNOS. The van der Waals surface area contributed by atoms with E-state index in [9.17, 15) is 0 Å². The predicted molar refractivity (Wildman–Crippen MR) is 81.8 cm³/mol. The first-order valence-corrected chi connectivity index (χ1v) is 7.34. The Balaban J connectivity index is 2.04. The summed E-state index contributed by atoms with van der Waals surface area (Å²) in [6.45, 7) is 5.02. The second kappa shape index (κ2) is 5.76. The van der Waals surface area contributed by atoms with Crippen LogP contribution in [0.5, 0.6) is 5.75 Å². The number of benzene rings is 1. The number of ether oxygens (including phenoxy) is 1. The Hall–Kier alpha value is -1.00. The molecule has 2 rings (SSSR count). The van der Waals surface area contributed by atoms with Gasteiger partial charge in [0.2, 0.25) is 0 Å². The van der Waals surface area contributed by atoms with E-state index in [4.69, 9.17) is 4.74 Å². The normalized spacial score (nSPS) is 10.4. The summed E-state index contributed by atoms with van der Waals surface area (Å²) in [6.07, 6.45) is 0. The van der Waals surface area contributed by atoms with Gasteiger partial charge >= 0.3 is 0 Å². The van der Waals surface area contributed by atoms with Gasteiger partial charge in [0.15, 0.2) is 0 Å². The molecule has 1 heterocycles. The molecule has 1 aromatic carbocycles. The summed E-state index contributed by atoms with van der Waals surface area (Å²) in [5.74, 6) is 0.926. The first-order chi connectivity index (χ1) is 8.60. The van der Waals surface area contributed by atoms with Crippen LogP contribution in [0.1, 0.15) is 15.3 Å². The van der Waals surface area contributed by atoms with E-state index in [1.807, 2.05) is 23.5 Å². The molecule has 0 atom stereocenters. The summed E-state index contributed by atoms with van der Waals surface area (Å²) in [5, 5.41) is 3.43. The molecule has 1 aromatic heterocycles. The number of hydrogen-bond donors (Lipinski definition) is 1. The van der Waals surface area contributed by atoms with Crippen molar-refractivity contribution in [2.75, 3.05) is 12.4 Å². The molecule has 0 aliphatic carbocycles. The number of hydrogen-bond acceptors (Lipinski definition) is 3. The van der Waals surface area contributed by atoms with Crippen molar-refractivity contribution < 1.29 is 4.74 Å². The summed E-state index contributed by atoms with van der Waals surface area (Å²) in [6, 6.07) is 8.31. The molecule has 0 amide bonds. The summed E-state index contributed by atoms with van der Waals surface area (Å²) >= 11 is 5.35. The van der Waals surface area contributed by atoms with Gasteiger partial charge < -0.3 is 10.1 Å². The standard InChI is InChI=1S/C14H16BrNOS/c1-9-6-11(4-5-14(9)17-3)16-8-12-7-13(15)10(2)18-12/h4-7,16H,8H2,1-3H3. The van der Waals surface area contributed by atoms with E-state index in [1.165, 1.54) is 14.2 Å². The third-order valence-corrected chi connectivity index (χ3v) is 4.91. The number of anilines is 1. The summed E-state index contributed by atoms with van der Waals surface area (Å²) in [7, 11) is 1.70. The average molecular weight is 326 g/mol. The Morgan fingerprint density at radius 2 is 2.06 bits per heavy atom. The summed E-state index contributed by atoms with van der Waals surface area (Å²) in [5.41, 5.74) is 2.27. The van der Waals surface area contributed by atoms with Gasteiger partial charge in [-0.15, -0.1) is 11.3 Å². The first kappa shape index (κ1) is 13.4. The summed E-state index contributed by atoms with van der Waals surface area (Å²) in [4.78, 5) is 2.64. The number of aryl methyl sites for hydroxylation is 2. The van der Waals surface area contributed by atoms with Crippen LogP contribution in [0.4, 0.5) is 5.69 Å². The van der Waals surface area contributed by atoms with Crippen LogP contribution in [0.15, 0.2) is 28.7 Å². The van der Waals surface area contributed by atoms with Gasteiger partial charge in [0.25, 0.3) is 0 Å². The number of thiophene rings is 1. The van der Waals surface area contributed by atoms with Gasteiger partial charge in [-0.25, -0.2) is 0 Å². The molecule has 0 radical (unpaired) electrons. The highest BCUT2D eigenvalue weighted by Gasteiger charge is 2.03. The maximum Gasteiger partial charge on any atom is 0.121 e. The van der Waals surface area contributed by atoms with Gasteiger partial charge in [-0.3, -0.25) is 0 Å². The van der Waals surface area contributed by atoms with Crippen LogP contribution in [0.25, 0.3) is 0 Å². The van der Waals surface area contributed by atoms with Crippen LogP contribution in [-0.4, -0.2) is 7.11 Å². The van der Waals surface area contributed by atoms with E-state index in [-0.39, 0.29) is 0 Å². The molecule has 96 valence electrons. The third kappa shape index (κ3) is 3.06. The minimum absolute atomic E-state index is 0.850. The van der Waals surface area contributed by atoms with Crippen LogP contribution in [0.3, 0.4) is 0 Å². The van der Waals surface area contributed by atoms with Gasteiger partial charge in [-0.1, -0.05) is 0 Å².